The molecule has 0 atom stereocenters. The molecule has 0 aromatic heterocycles. The normalized spacial score (nSPS) is 14.5. The van der Waals surface area contributed by atoms with Crippen molar-refractivity contribution in [1.29, 1.82) is 0 Å². The maximum absolute atomic E-state index is 14.0. The fraction of sp³-hybridized carbons (Fsp3) is 0.458. The number of hydrogen-bond acceptors (Lipinski definition) is 5. The van der Waals surface area contributed by atoms with E-state index >= 15 is 0 Å². The van der Waals surface area contributed by atoms with E-state index in [2.05, 4.69) is 22.0 Å². The molecule has 2 aromatic carbocycles. The summed E-state index contributed by atoms with van der Waals surface area (Å²) in [6, 6.07) is 10.5. The first-order valence-corrected chi connectivity index (χ1v) is 11.0. The van der Waals surface area contributed by atoms with E-state index in [1.807, 2.05) is 18.2 Å². The summed E-state index contributed by atoms with van der Waals surface area (Å²) in [6.07, 6.45) is 0.647. The number of phenols is 1. The lowest BCUT2D eigenvalue weighted by Crippen LogP contribution is -2.52. The van der Waals surface area contributed by atoms with Gasteiger partial charge in [-0.15, -0.1) is 24.0 Å². The van der Waals surface area contributed by atoms with Gasteiger partial charge in [-0.1, -0.05) is 12.1 Å². The summed E-state index contributed by atoms with van der Waals surface area (Å²) < 4.78 is 24.1. The third-order valence-corrected chi connectivity index (χ3v) is 5.56. The molecule has 3 rings (SSSR count). The zero-order chi connectivity index (χ0) is 22.9. The second-order valence-corrected chi connectivity index (χ2v) is 7.71. The number of guanidine groups is 1. The molecule has 1 aliphatic heterocycles. The van der Waals surface area contributed by atoms with Crippen LogP contribution in [0.15, 0.2) is 41.4 Å². The number of phenolic OH excluding ortho intramolecular Hbond substituents is 1. The minimum Gasteiger partial charge on any atom is -0.508 e. The highest BCUT2D eigenvalue weighted by Gasteiger charge is 2.20. The summed E-state index contributed by atoms with van der Waals surface area (Å²) in [5, 5.41) is 13.5. The highest BCUT2D eigenvalue weighted by molar-refractivity contribution is 14.0. The van der Waals surface area contributed by atoms with Gasteiger partial charge in [0.25, 0.3) is 0 Å². The Hall–Kier alpha value is -2.27. The minimum absolute atomic E-state index is 0. The number of piperazine rings is 1. The number of halogens is 2. The van der Waals surface area contributed by atoms with Crippen LogP contribution in [-0.2, 0) is 13.0 Å². The van der Waals surface area contributed by atoms with Crippen LogP contribution in [0.5, 0.6) is 17.2 Å². The first-order valence-electron chi connectivity index (χ1n) is 11.0. The molecule has 2 N–H and O–H groups in total. The SMILES string of the molecule is CCNC(=NCCc1ccc(OC)cc1O)N1CCN(Cc2ccc(OC)c(F)c2)CC1.I. The first kappa shape index (κ1) is 27.0. The van der Waals surface area contributed by atoms with E-state index < -0.39 is 0 Å². The zero-order valence-electron chi connectivity index (χ0n) is 19.5. The third kappa shape index (κ3) is 7.63. The lowest BCUT2D eigenvalue weighted by atomic mass is 10.1. The van der Waals surface area contributed by atoms with Crippen molar-refractivity contribution in [1.82, 2.24) is 15.1 Å². The van der Waals surface area contributed by atoms with Crippen molar-refractivity contribution >= 4 is 29.9 Å². The van der Waals surface area contributed by atoms with E-state index in [1.54, 1.807) is 25.3 Å². The van der Waals surface area contributed by atoms with Crippen LogP contribution >= 0.6 is 24.0 Å². The number of aliphatic imine (C=N–C) groups is 1. The van der Waals surface area contributed by atoms with E-state index in [-0.39, 0.29) is 41.3 Å². The van der Waals surface area contributed by atoms with E-state index in [1.165, 1.54) is 7.11 Å². The topological polar surface area (TPSA) is 69.6 Å². The van der Waals surface area contributed by atoms with Gasteiger partial charge in [-0.05, 0) is 42.7 Å². The summed E-state index contributed by atoms with van der Waals surface area (Å²) >= 11 is 0. The Balaban J connectivity index is 0.00000385. The second kappa shape index (κ2) is 13.4. The van der Waals surface area contributed by atoms with Crippen LogP contribution in [0.1, 0.15) is 18.1 Å². The average Bonchev–Trinajstić information content (AvgIpc) is 2.80. The maximum atomic E-state index is 14.0. The Morgan fingerprint density at radius 1 is 1.09 bits per heavy atom. The molecule has 0 spiro atoms. The number of hydrogen-bond donors (Lipinski definition) is 2. The highest BCUT2D eigenvalue weighted by atomic mass is 127. The standard InChI is InChI=1S/C24H33FN4O3.HI/c1-4-26-24(27-10-9-19-6-7-20(31-2)16-22(19)30)29-13-11-28(12-14-29)17-18-5-8-23(32-3)21(25)15-18;/h5-8,15-16,30H,4,9-14,17H2,1-3H3,(H,26,27);1H. The average molecular weight is 572 g/mol. The van der Waals surface area contributed by atoms with E-state index in [0.717, 1.165) is 49.8 Å². The van der Waals surface area contributed by atoms with Gasteiger partial charge in [0.15, 0.2) is 17.5 Å². The molecule has 0 aliphatic carbocycles. The van der Waals surface area contributed by atoms with Crippen LogP contribution in [-0.4, -0.2) is 74.4 Å². The third-order valence-electron chi connectivity index (χ3n) is 5.56. The van der Waals surface area contributed by atoms with Crippen LogP contribution in [0, 0.1) is 5.82 Å². The van der Waals surface area contributed by atoms with Crippen molar-refractivity contribution in [3.63, 3.8) is 0 Å². The molecular weight excluding hydrogens is 538 g/mol. The zero-order valence-corrected chi connectivity index (χ0v) is 21.8. The predicted octanol–water partition coefficient (Wildman–Crippen LogP) is 3.49. The van der Waals surface area contributed by atoms with Crippen LogP contribution in [0.3, 0.4) is 0 Å². The van der Waals surface area contributed by atoms with Crippen molar-refractivity contribution < 1.29 is 19.0 Å². The summed E-state index contributed by atoms with van der Waals surface area (Å²) in [6.45, 7) is 7.56. The predicted molar refractivity (Wildman–Crippen MR) is 140 cm³/mol. The molecule has 0 amide bonds. The van der Waals surface area contributed by atoms with Gasteiger partial charge in [-0.25, -0.2) is 4.39 Å². The number of nitrogens with zero attached hydrogens (tertiary/aromatic N) is 3. The van der Waals surface area contributed by atoms with Gasteiger partial charge in [-0.3, -0.25) is 9.89 Å². The fourth-order valence-electron chi connectivity index (χ4n) is 3.77. The lowest BCUT2D eigenvalue weighted by Gasteiger charge is -2.36. The second-order valence-electron chi connectivity index (χ2n) is 7.71. The van der Waals surface area contributed by atoms with E-state index in [0.29, 0.717) is 25.3 Å². The molecule has 9 heteroatoms. The minimum atomic E-state index is -0.326. The Morgan fingerprint density at radius 3 is 2.45 bits per heavy atom. The quantitative estimate of drug-likeness (QED) is 0.287. The maximum Gasteiger partial charge on any atom is 0.194 e. The molecule has 0 unspecified atom stereocenters. The first-order chi connectivity index (χ1) is 15.5. The van der Waals surface area contributed by atoms with Crippen LogP contribution < -0.4 is 14.8 Å². The lowest BCUT2D eigenvalue weighted by molar-refractivity contribution is 0.172. The summed E-state index contributed by atoms with van der Waals surface area (Å²) in [4.78, 5) is 9.33. The molecule has 1 heterocycles. The monoisotopic (exact) mass is 572 g/mol. The van der Waals surface area contributed by atoms with Gasteiger partial charge in [-0.2, -0.15) is 0 Å². The number of methoxy groups -OCH3 is 2. The molecule has 7 nitrogen and oxygen atoms in total. The van der Waals surface area contributed by atoms with Crippen LogP contribution in [0.2, 0.25) is 0 Å². The molecule has 1 fully saturated rings. The smallest absolute Gasteiger partial charge is 0.194 e. The van der Waals surface area contributed by atoms with Crippen molar-refractivity contribution in [2.75, 3.05) is 53.5 Å². The van der Waals surface area contributed by atoms with Crippen molar-refractivity contribution in [2.24, 2.45) is 4.99 Å². The molecule has 1 aliphatic rings. The molecular formula is C24H34FIN4O3. The molecule has 33 heavy (non-hydrogen) atoms. The van der Waals surface area contributed by atoms with Gasteiger partial charge in [0, 0.05) is 51.9 Å². The number of ether oxygens (including phenoxy) is 2. The van der Waals surface area contributed by atoms with Gasteiger partial charge in [0.2, 0.25) is 0 Å². The number of aromatic hydroxyl groups is 1. The molecule has 2 aromatic rings. The van der Waals surface area contributed by atoms with Crippen LogP contribution in [0.25, 0.3) is 0 Å². The Kier molecular flexibility index (Phi) is 11.0. The summed E-state index contributed by atoms with van der Waals surface area (Å²) in [7, 11) is 3.05. The van der Waals surface area contributed by atoms with Gasteiger partial charge in [0.1, 0.15) is 11.5 Å². The van der Waals surface area contributed by atoms with Gasteiger partial charge < -0.3 is 24.8 Å². The van der Waals surface area contributed by atoms with E-state index in [9.17, 15) is 9.50 Å². The van der Waals surface area contributed by atoms with Crippen molar-refractivity contribution in [2.45, 2.75) is 19.9 Å². The number of rotatable bonds is 8. The van der Waals surface area contributed by atoms with Gasteiger partial charge in [0.05, 0.1) is 14.2 Å². The molecule has 0 saturated carbocycles. The molecule has 0 bridgehead atoms. The summed E-state index contributed by atoms with van der Waals surface area (Å²) in [5.41, 5.74) is 1.79. The van der Waals surface area contributed by atoms with Crippen molar-refractivity contribution in [3.05, 3.63) is 53.3 Å². The molecule has 182 valence electrons. The largest absolute Gasteiger partial charge is 0.508 e. The van der Waals surface area contributed by atoms with Gasteiger partial charge >= 0.3 is 0 Å². The van der Waals surface area contributed by atoms with Crippen LogP contribution in [0.4, 0.5) is 4.39 Å². The number of nitrogens with one attached hydrogen (secondary N) is 1. The van der Waals surface area contributed by atoms with E-state index in [4.69, 9.17) is 14.5 Å². The Morgan fingerprint density at radius 2 is 1.85 bits per heavy atom. The highest BCUT2D eigenvalue weighted by Crippen LogP contribution is 2.24. The Bertz CT molecular complexity index is 921. The number of benzene rings is 2. The Labute approximate surface area is 212 Å². The van der Waals surface area contributed by atoms with Crippen molar-refractivity contribution in [3.8, 4) is 17.2 Å². The molecule has 1 saturated heterocycles. The molecule has 0 radical (unpaired) electrons. The fourth-order valence-corrected chi connectivity index (χ4v) is 3.77. The summed E-state index contributed by atoms with van der Waals surface area (Å²) in [5.74, 6) is 1.70.